The number of aromatic amines is 1. The molecule has 3 nitrogen and oxygen atoms in total. The van der Waals surface area contributed by atoms with Gasteiger partial charge in [0, 0.05) is 40.5 Å². The second-order valence-electron chi connectivity index (χ2n) is 5.35. The maximum absolute atomic E-state index is 7.63. The van der Waals surface area contributed by atoms with Gasteiger partial charge in [-0.25, -0.2) is 0 Å². The summed E-state index contributed by atoms with van der Waals surface area (Å²) >= 11 is 0. The second kappa shape index (κ2) is 5.00. The number of rotatable bonds is 5. The van der Waals surface area contributed by atoms with E-state index in [4.69, 9.17) is 5.41 Å². The molecule has 1 aromatic heterocycles. The summed E-state index contributed by atoms with van der Waals surface area (Å²) in [6, 6.07) is 8.88. The number of hydrogen-bond acceptors (Lipinski definition) is 2. The van der Waals surface area contributed by atoms with Gasteiger partial charge in [0.05, 0.1) is 0 Å². The number of nitrogens with one attached hydrogen (secondary N) is 3. The number of aryl methyl sites for hydroxylation is 1. The highest BCUT2D eigenvalue weighted by molar-refractivity contribution is 5.89. The van der Waals surface area contributed by atoms with Crippen LogP contribution in [-0.2, 0) is 0 Å². The first-order chi connectivity index (χ1) is 9.71. The lowest BCUT2D eigenvalue weighted by molar-refractivity contribution is 1.15. The number of H-pyrrole nitrogens is 1. The van der Waals surface area contributed by atoms with Crippen molar-refractivity contribution in [2.24, 2.45) is 0 Å². The quantitative estimate of drug-likeness (QED) is 0.697. The highest BCUT2D eigenvalue weighted by Gasteiger charge is 2.22. The molecule has 3 heteroatoms. The molecule has 1 fully saturated rings. The molecule has 0 atom stereocenters. The molecule has 0 aliphatic heterocycles. The Balaban J connectivity index is 2.02. The second-order valence-corrected chi connectivity index (χ2v) is 5.35. The summed E-state index contributed by atoms with van der Waals surface area (Å²) in [7, 11) is 0. The van der Waals surface area contributed by atoms with Crippen molar-refractivity contribution < 1.29 is 0 Å². The number of hydrogen-bond donors (Lipinski definition) is 3. The summed E-state index contributed by atoms with van der Waals surface area (Å²) in [4.78, 5) is 3.33. The Hall–Kier alpha value is -2.29. The Morgan fingerprint density at radius 2 is 2.15 bits per heavy atom. The van der Waals surface area contributed by atoms with Gasteiger partial charge in [0.1, 0.15) is 0 Å². The van der Waals surface area contributed by atoms with E-state index < -0.39 is 0 Å². The molecule has 1 saturated carbocycles. The molecule has 2 aromatic rings. The first-order valence-corrected chi connectivity index (χ1v) is 6.94. The van der Waals surface area contributed by atoms with Crippen LogP contribution in [0.3, 0.4) is 0 Å². The number of benzene rings is 1. The summed E-state index contributed by atoms with van der Waals surface area (Å²) in [5, 5.41) is 11.1. The molecule has 1 aliphatic rings. The first-order valence-electron chi connectivity index (χ1n) is 6.94. The van der Waals surface area contributed by atoms with Gasteiger partial charge in [0.15, 0.2) is 0 Å². The molecular formula is C17H19N3. The first kappa shape index (κ1) is 12.7. The number of anilines is 1. The van der Waals surface area contributed by atoms with Crippen molar-refractivity contribution in [2.75, 3.05) is 5.32 Å². The molecule has 1 aromatic carbocycles. The van der Waals surface area contributed by atoms with Crippen molar-refractivity contribution in [1.29, 1.82) is 5.41 Å². The molecular weight excluding hydrogens is 246 g/mol. The van der Waals surface area contributed by atoms with Crippen molar-refractivity contribution in [3.8, 4) is 11.3 Å². The van der Waals surface area contributed by atoms with E-state index in [1.54, 1.807) is 6.08 Å². The molecule has 1 aliphatic carbocycles. The van der Waals surface area contributed by atoms with Gasteiger partial charge in [-0.1, -0.05) is 6.58 Å². The normalized spacial score (nSPS) is 14.1. The molecule has 0 amide bonds. The van der Waals surface area contributed by atoms with Crippen LogP contribution >= 0.6 is 0 Å². The minimum absolute atomic E-state index is 0.594. The van der Waals surface area contributed by atoms with Crippen LogP contribution in [0.25, 0.3) is 17.3 Å². The molecule has 0 unspecified atom stereocenters. The molecule has 3 rings (SSSR count). The minimum Gasteiger partial charge on any atom is -0.382 e. The summed E-state index contributed by atoms with van der Waals surface area (Å²) in [6.07, 6.45) is 5.69. The van der Waals surface area contributed by atoms with Crippen molar-refractivity contribution in [2.45, 2.75) is 25.8 Å². The third-order valence-corrected chi connectivity index (χ3v) is 3.71. The highest BCUT2D eigenvalue weighted by Crippen LogP contribution is 2.31. The monoisotopic (exact) mass is 265 g/mol. The van der Waals surface area contributed by atoms with Gasteiger partial charge < -0.3 is 15.7 Å². The van der Waals surface area contributed by atoms with E-state index in [9.17, 15) is 0 Å². The molecule has 1 heterocycles. The van der Waals surface area contributed by atoms with Gasteiger partial charge in [-0.05, 0) is 55.7 Å². The highest BCUT2D eigenvalue weighted by atomic mass is 15.0. The van der Waals surface area contributed by atoms with Crippen LogP contribution in [0, 0.1) is 12.3 Å². The number of aromatic nitrogens is 1. The standard InChI is InChI=1S/C17H19N3/c1-3-13-6-7-16(19-13)15-9-12(10-18)17(8-11(15)2)20-14-4-5-14/h3,6-10,14,18-20H,1,4-5H2,2H3. The largest absolute Gasteiger partial charge is 0.382 e. The van der Waals surface area contributed by atoms with Crippen LogP contribution in [-0.4, -0.2) is 17.2 Å². The summed E-state index contributed by atoms with van der Waals surface area (Å²) in [5.41, 5.74) is 6.43. The van der Waals surface area contributed by atoms with Crippen LogP contribution in [0.15, 0.2) is 30.8 Å². The van der Waals surface area contributed by atoms with Crippen LogP contribution < -0.4 is 5.32 Å². The van der Waals surface area contributed by atoms with Gasteiger partial charge in [-0.2, -0.15) is 0 Å². The Labute approximate surface area is 119 Å². The van der Waals surface area contributed by atoms with Crippen molar-refractivity contribution in [1.82, 2.24) is 4.98 Å². The third-order valence-electron chi connectivity index (χ3n) is 3.71. The molecule has 0 spiro atoms. The van der Waals surface area contributed by atoms with Crippen LogP contribution in [0.2, 0.25) is 0 Å². The topological polar surface area (TPSA) is 51.7 Å². The Morgan fingerprint density at radius 3 is 2.75 bits per heavy atom. The smallest absolute Gasteiger partial charge is 0.0461 e. The zero-order valence-electron chi connectivity index (χ0n) is 11.7. The van der Waals surface area contributed by atoms with Gasteiger partial charge in [-0.3, -0.25) is 0 Å². The average molecular weight is 265 g/mol. The Kier molecular flexibility index (Phi) is 3.18. The van der Waals surface area contributed by atoms with Gasteiger partial charge >= 0.3 is 0 Å². The van der Waals surface area contributed by atoms with Gasteiger partial charge in [0.25, 0.3) is 0 Å². The zero-order chi connectivity index (χ0) is 14.1. The average Bonchev–Trinajstić information content (AvgIpc) is 3.14. The molecule has 102 valence electrons. The molecule has 0 bridgehead atoms. The van der Waals surface area contributed by atoms with Crippen molar-refractivity contribution in [3.05, 3.63) is 47.7 Å². The fraction of sp³-hybridized carbons (Fsp3) is 0.235. The van der Waals surface area contributed by atoms with Crippen molar-refractivity contribution >= 4 is 18.0 Å². The summed E-state index contributed by atoms with van der Waals surface area (Å²) in [5.74, 6) is 0. The van der Waals surface area contributed by atoms with E-state index in [1.165, 1.54) is 24.6 Å². The minimum atomic E-state index is 0.594. The Morgan fingerprint density at radius 1 is 1.35 bits per heavy atom. The fourth-order valence-corrected chi connectivity index (χ4v) is 2.39. The molecule has 3 N–H and O–H groups in total. The van der Waals surface area contributed by atoms with Crippen LogP contribution in [0.1, 0.15) is 29.7 Å². The Bertz CT molecular complexity index is 663. The summed E-state index contributed by atoms with van der Waals surface area (Å²) < 4.78 is 0. The lowest BCUT2D eigenvalue weighted by Crippen LogP contribution is -2.04. The SMILES string of the molecule is C=Cc1ccc(-c2cc(C=N)c(NC3CC3)cc2C)[nH]1. The van der Waals surface area contributed by atoms with E-state index >= 15 is 0 Å². The zero-order valence-corrected chi connectivity index (χ0v) is 11.7. The lowest BCUT2D eigenvalue weighted by Gasteiger charge is -2.13. The van der Waals surface area contributed by atoms with Gasteiger partial charge in [0.2, 0.25) is 0 Å². The lowest BCUT2D eigenvalue weighted by atomic mass is 10.0. The maximum atomic E-state index is 7.63. The van der Waals surface area contributed by atoms with Crippen LogP contribution in [0.5, 0.6) is 0 Å². The fourth-order valence-electron chi connectivity index (χ4n) is 2.39. The third kappa shape index (κ3) is 2.39. The maximum Gasteiger partial charge on any atom is 0.0461 e. The molecule has 0 saturated heterocycles. The summed E-state index contributed by atoms with van der Waals surface area (Å²) in [6.45, 7) is 5.88. The predicted octanol–water partition coefficient (Wildman–Crippen LogP) is 4.21. The van der Waals surface area contributed by atoms with E-state index in [2.05, 4.69) is 42.0 Å². The van der Waals surface area contributed by atoms with Gasteiger partial charge in [-0.15, -0.1) is 0 Å². The van der Waals surface area contributed by atoms with E-state index in [1.807, 2.05) is 6.07 Å². The predicted molar refractivity (Wildman–Crippen MR) is 85.6 cm³/mol. The van der Waals surface area contributed by atoms with E-state index in [0.29, 0.717) is 6.04 Å². The molecule has 20 heavy (non-hydrogen) atoms. The van der Waals surface area contributed by atoms with E-state index in [-0.39, 0.29) is 0 Å². The van der Waals surface area contributed by atoms with Crippen LogP contribution in [0.4, 0.5) is 5.69 Å². The van der Waals surface area contributed by atoms with Crippen molar-refractivity contribution in [3.63, 3.8) is 0 Å². The molecule has 0 radical (unpaired) electrons. The van der Waals surface area contributed by atoms with E-state index in [0.717, 1.165) is 28.2 Å².